The molecular weight excluding hydrogens is 184 g/mol. The Kier molecular flexibility index (Phi) is 3.86. The van der Waals surface area contributed by atoms with Crippen molar-refractivity contribution in [3.8, 4) is 0 Å². The molecule has 1 saturated heterocycles. The van der Waals surface area contributed by atoms with Crippen LogP contribution in [0.5, 0.6) is 0 Å². The highest BCUT2D eigenvalue weighted by Crippen LogP contribution is 2.24. The van der Waals surface area contributed by atoms with Crippen molar-refractivity contribution < 1.29 is 14.6 Å². The molecule has 5 heteroatoms. The lowest BCUT2D eigenvalue weighted by molar-refractivity contribution is -0.122. The molecule has 82 valence electrons. The van der Waals surface area contributed by atoms with Gasteiger partial charge >= 0.3 is 0 Å². The maximum atomic E-state index is 11.1. The molecule has 14 heavy (non-hydrogen) atoms. The molecule has 2 atom stereocenters. The Hall–Kier alpha value is -0.650. The Morgan fingerprint density at radius 2 is 2.50 bits per heavy atom. The van der Waals surface area contributed by atoms with E-state index in [4.69, 9.17) is 10.5 Å². The van der Waals surface area contributed by atoms with Crippen LogP contribution < -0.4 is 11.1 Å². The van der Waals surface area contributed by atoms with Crippen LogP contribution in [-0.4, -0.2) is 42.4 Å². The molecule has 0 aromatic carbocycles. The van der Waals surface area contributed by atoms with E-state index in [2.05, 4.69) is 5.32 Å². The largest absolute Gasteiger partial charge is 0.385 e. The number of nitrogens with two attached hydrogens (primary N) is 1. The predicted octanol–water partition coefficient (Wildman–Crippen LogP) is -1.01. The van der Waals surface area contributed by atoms with Crippen LogP contribution in [0.4, 0.5) is 0 Å². The summed E-state index contributed by atoms with van der Waals surface area (Å²) in [5, 5.41) is 12.7. The summed E-state index contributed by atoms with van der Waals surface area (Å²) in [5.41, 5.74) is 4.31. The third-order valence-corrected chi connectivity index (χ3v) is 2.62. The third-order valence-electron chi connectivity index (χ3n) is 2.62. The Labute approximate surface area is 83.6 Å². The number of amides is 1. The predicted molar refractivity (Wildman–Crippen MR) is 51.7 cm³/mol. The van der Waals surface area contributed by atoms with Gasteiger partial charge in [-0.2, -0.15) is 0 Å². The highest BCUT2D eigenvalue weighted by atomic mass is 16.5. The fraction of sp³-hybridized carbons (Fsp3) is 0.889. The van der Waals surface area contributed by atoms with Gasteiger partial charge in [0.15, 0.2) is 0 Å². The Bertz CT molecular complexity index is 210. The van der Waals surface area contributed by atoms with E-state index in [1.54, 1.807) is 0 Å². The zero-order chi connectivity index (χ0) is 10.6. The molecule has 1 aliphatic heterocycles. The van der Waals surface area contributed by atoms with Crippen LogP contribution in [0.25, 0.3) is 0 Å². The molecule has 0 aromatic rings. The van der Waals surface area contributed by atoms with Gasteiger partial charge in [0.05, 0.1) is 6.10 Å². The monoisotopic (exact) mass is 202 g/mol. The molecular formula is C9H18N2O3. The van der Waals surface area contributed by atoms with Crippen LogP contribution in [0.1, 0.15) is 19.8 Å². The number of rotatable bonds is 4. The van der Waals surface area contributed by atoms with Crippen LogP contribution in [0, 0.1) is 0 Å². The molecule has 5 nitrogen and oxygen atoms in total. The number of aliphatic hydroxyl groups is 1. The third kappa shape index (κ3) is 2.67. The lowest BCUT2D eigenvalue weighted by Gasteiger charge is -2.26. The van der Waals surface area contributed by atoms with Gasteiger partial charge in [0.25, 0.3) is 0 Å². The van der Waals surface area contributed by atoms with E-state index in [0.29, 0.717) is 26.0 Å². The van der Waals surface area contributed by atoms with Gasteiger partial charge in [0, 0.05) is 32.5 Å². The van der Waals surface area contributed by atoms with Crippen molar-refractivity contribution in [1.82, 2.24) is 5.32 Å². The van der Waals surface area contributed by atoms with E-state index in [-0.39, 0.29) is 18.6 Å². The lowest BCUT2D eigenvalue weighted by atomic mass is 9.97. The van der Waals surface area contributed by atoms with Gasteiger partial charge in [-0.25, -0.2) is 0 Å². The highest BCUT2D eigenvalue weighted by Gasteiger charge is 2.39. The van der Waals surface area contributed by atoms with Crippen LogP contribution in [-0.2, 0) is 9.53 Å². The van der Waals surface area contributed by atoms with E-state index < -0.39 is 5.60 Å². The second kappa shape index (κ2) is 4.72. The lowest BCUT2D eigenvalue weighted by Crippen LogP contribution is -2.47. The summed E-state index contributed by atoms with van der Waals surface area (Å²) in [5.74, 6) is -0.125. The van der Waals surface area contributed by atoms with Gasteiger partial charge in [-0.05, 0) is 6.92 Å². The van der Waals surface area contributed by atoms with Gasteiger partial charge in [0.1, 0.15) is 5.60 Å². The first-order valence-corrected chi connectivity index (χ1v) is 4.89. The summed E-state index contributed by atoms with van der Waals surface area (Å²) in [6.45, 7) is 2.93. The fourth-order valence-electron chi connectivity index (χ4n) is 1.47. The molecule has 0 aromatic heterocycles. The zero-order valence-electron chi connectivity index (χ0n) is 8.45. The van der Waals surface area contributed by atoms with Crippen molar-refractivity contribution >= 4 is 5.91 Å². The molecule has 0 spiro atoms. The summed E-state index contributed by atoms with van der Waals surface area (Å²) in [4.78, 5) is 11.1. The van der Waals surface area contributed by atoms with Gasteiger partial charge in [-0.15, -0.1) is 0 Å². The van der Waals surface area contributed by atoms with Crippen molar-refractivity contribution in [2.45, 2.75) is 31.5 Å². The highest BCUT2D eigenvalue weighted by molar-refractivity contribution is 5.76. The van der Waals surface area contributed by atoms with Crippen molar-refractivity contribution in [2.75, 3.05) is 19.7 Å². The second-order valence-corrected chi connectivity index (χ2v) is 3.68. The van der Waals surface area contributed by atoms with E-state index >= 15 is 0 Å². The summed E-state index contributed by atoms with van der Waals surface area (Å²) in [6.07, 6.45) is 0.642. The quantitative estimate of drug-likeness (QED) is 0.545. The minimum absolute atomic E-state index is 0.125. The maximum Gasteiger partial charge on any atom is 0.221 e. The fourth-order valence-corrected chi connectivity index (χ4v) is 1.47. The first kappa shape index (κ1) is 11.4. The molecule has 1 amide bonds. The van der Waals surface area contributed by atoms with Crippen molar-refractivity contribution in [3.63, 3.8) is 0 Å². The second-order valence-electron chi connectivity index (χ2n) is 3.68. The number of ether oxygens (including phenoxy) is 1. The summed E-state index contributed by atoms with van der Waals surface area (Å²) in [6, 6.07) is 0. The van der Waals surface area contributed by atoms with E-state index in [9.17, 15) is 9.90 Å². The SMILES string of the molecule is CC1OCCC1(O)CNC(=O)CCN. The minimum Gasteiger partial charge on any atom is -0.385 e. The molecule has 0 radical (unpaired) electrons. The molecule has 0 aliphatic carbocycles. The Balaban J connectivity index is 2.32. The number of nitrogens with one attached hydrogen (secondary N) is 1. The van der Waals surface area contributed by atoms with Crippen LogP contribution in [0.2, 0.25) is 0 Å². The first-order chi connectivity index (χ1) is 6.58. The zero-order valence-corrected chi connectivity index (χ0v) is 8.45. The molecule has 1 aliphatic rings. The maximum absolute atomic E-state index is 11.1. The first-order valence-electron chi connectivity index (χ1n) is 4.89. The molecule has 1 fully saturated rings. The standard InChI is InChI=1S/C9H18N2O3/c1-7-9(13,3-5-14-7)6-11-8(12)2-4-10/h7,13H,2-6,10H2,1H3,(H,11,12). The topological polar surface area (TPSA) is 84.6 Å². The van der Waals surface area contributed by atoms with Crippen molar-refractivity contribution in [3.05, 3.63) is 0 Å². The molecule has 0 bridgehead atoms. The van der Waals surface area contributed by atoms with E-state index in [1.165, 1.54) is 0 Å². The van der Waals surface area contributed by atoms with E-state index in [0.717, 1.165) is 0 Å². The van der Waals surface area contributed by atoms with Crippen LogP contribution in [0.15, 0.2) is 0 Å². The average molecular weight is 202 g/mol. The van der Waals surface area contributed by atoms with Gasteiger partial charge in [-0.3, -0.25) is 4.79 Å². The minimum atomic E-state index is -0.912. The molecule has 4 N–H and O–H groups in total. The summed E-state index contributed by atoms with van der Waals surface area (Å²) < 4.78 is 5.23. The normalized spacial score (nSPS) is 31.8. The summed E-state index contributed by atoms with van der Waals surface area (Å²) in [7, 11) is 0. The number of carbonyl (C=O) groups excluding carboxylic acids is 1. The molecule has 1 rings (SSSR count). The smallest absolute Gasteiger partial charge is 0.221 e. The summed E-state index contributed by atoms with van der Waals surface area (Å²) >= 11 is 0. The van der Waals surface area contributed by atoms with Crippen LogP contribution in [0.3, 0.4) is 0 Å². The number of carbonyl (C=O) groups is 1. The van der Waals surface area contributed by atoms with Crippen molar-refractivity contribution in [1.29, 1.82) is 0 Å². The average Bonchev–Trinajstić information content (AvgIpc) is 2.46. The van der Waals surface area contributed by atoms with E-state index in [1.807, 2.05) is 6.92 Å². The van der Waals surface area contributed by atoms with Gasteiger partial charge < -0.3 is 20.9 Å². The molecule has 1 heterocycles. The number of hydrogen-bond acceptors (Lipinski definition) is 4. The van der Waals surface area contributed by atoms with Crippen LogP contribution >= 0.6 is 0 Å². The number of hydrogen-bond donors (Lipinski definition) is 3. The molecule has 2 unspecified atom stereocenters. The Morgan fingerprint density at radius 1 is 1.79 bits per heavy atom. The van der Waals surface area contributed by atoms with Gasteiger partial charge in [-0.1, -0.05) is 0 Å². The molecule has 0 saturated carbocycles. The Morgan fingerprint density at radius 3 is 3.00 bits per heavy atom. The van der Waals surface area contributed by atoms with Crippen molar-refractivity contribution in [2.24, 2.45) is 5.73 Å². The van der Waals surface area contributed by atoms with Gasteiger partial charge in [0.2, 0.25) is 5.91 Å².